The van der Waals surface area contributed by atoms with E-state index in [1.165, 1.54) is 5.92 Å². The van der Waals surface area contributed by atoms with Gasteiger partial charge in [-0.2, -0.15) is 20.8 Å². The van der Waals surface area contributed by atoms with E-state index in [0.717, 1.165) is 0 Å². The molecule has 0 atom stereocenters. The van der Waals surface area contributed by atoms with Crippen LogP contribution in [0.2, 0.25) is 0 Å². The first kappa shape index (κ1) is 23.5. The number of hydrogen-bond donors (Lipinski definition) is 0. The van der Waals surface area contributed by atoms with Gasteiger partial charge in [-0.25, -0.2) is 0 Å². The van der Waals surface area contributed by atoms with Crippen molar-refractivity contribution in [2.45, 2.75) is 20.8 Å². The molecule has 8 heavy (non-hydrogen) atoms. The van der Waals surface area contributed by atoms with Crippen molar-refractivity contribution < 1.29 is 35.9 Å². The Balaban J connectivity index is -0.0000000183. The average molecular weight is 154 g/mol. The zero-order chi connectivity index (χ0) is 5.58. The molecule has 0 aromatic carbocycles. The van der Waals surface area contributed by atoms with Gasteiger partial charge in [-0.1, -0.05) is 0 Å². The van der Waals surface area contributed by atoms with E-state index in [4.69, 9.17) is 11.8 Å². The van der Waals surface area contributed by atoms with Crippen LogP contribution in [0.15, 0.2) is 0 Å². The Bertz CT molecular complexity index is 33.9. The first-order chi connectivity index (χ1) is 2.73. The molecule has 3 heteroatoms. The van der Waals surface area contributed by atoms with Crippen LogP contribution in [0.3, 0.4) is 0 Å². The van der Waals surface area contributed by atoms with Crippen LogP contribution < -0.4 is 18.9 Å². The van der Waals surface area contributed by atoms with E-state index < -0.39 is 0 Å². The van der Waals surface area contributed by atoms with Crippen molar-refractivity contribution >= 4 is 0 Å². The third kappa shape index (κ3) is 564. The van der Waals surface area contributed by atoms with Crippen LogP contribution in [0.4, 0.5) is 0 Å². The summed E-state index contributed by atoms with van der Waals surface area (Å²) in [4.78, 5) is 0. The van der Waals surface area contributed by atoms with Crippen molar-refractivity contribution in [3.8, 4) is 0 Å². The monoisotopic (exact) mass is 153 g/mol. The maximum atomic E-state index is 6.25. The summed E-state index contributed by atoms with van der Waals surface area (Å²) in [5, 5.41) is 6.25. The fourth-order valence-electron chi connectivity index (χ4n) is 0. The molecule has 0 spiro atoms. The molecule has 0 fully saturated rings. The van der Waals surface area contributed by atoms with Gasteiger partial charge in [-0.15, -0.1) is 0 Å². The summed E-state index contributed by atoms with van der Waals surface area (Å²) in [6.45, 7) is 11.0. The standard InChI is InChI=1S/C4H9.CN.Cu.Li/c1-4(2)3;1-2;;/h1-3H3;;;/q2*-1;2*+1. The van der Waals surface area contributed by atoms with Crippen LogP contribution in [-0.2, 0) is 17.1 Å². The van der Waals surface area contributed by atoms with E-state index in [2.05, 4.69) is 20.8 Å². The summed E-state index contributed by atoms with van der Waals surface area (Å²) in [6.07, 6.45) is 0. The average Bonchev–Trinajstić information content (AvgIpc) is 1.41. The fourth-order valence-corrected chi connectivity index (χ4v) is 0. The van der Waals surface area contributed by atoms with Crippen molar-refractivity contribution in [3.63, 3.8) is 0 Å². The molecule has 0 saturated heterocycles. The van der Waals surface area contributed by atoms with Crippen LogP contribution in [0.5, 0.6) is 0 Å². The molecule has 0 unspecified atom stereocenters. The second-order valence-electron chi connectivity index (χ2n) is 1.50. The molecular weight excluding hydrogens is 145 g/mol. The predicted octanol–water partition coefficient (Wildman–Crippen LogP) is -1.28. The second kappa shape index (κ2) is 25.5. The molecule has 0 heterocycles. The molecule has 0 aliphatic heterocycles. The molecule has 0 bridgehead atoms. The normalized spacial score (nSPS) is 4.75. The molecule has 0 aliphatic rings. The minimum Gasteiger partial charge on any atom is -0.512 e. The van der Waals surface area contributed by atoms with E-state index in [9.17, 15) is 0 Å². The van der Waals surface area contributed by atoms with Gasteiger partial charge in [0.15, 0.2) is 0 Å². The van der Waals surface area contributed by atoms with Gasteiger partial charge in [0.1, 0.15) is 0 Å². The van der Waals surface area contributed by atoms with Crippen LogP contribution in [0.1, 0.15) is 20.8 Å². The summed E-state index contributed by atoms with van der Waals surface area (Å²) >= 11 is 0. The molecule has 0 amide bonds. The smallest absolute Gasteiger partial charge is 0.512 e. The Morgan fingerprint density at radius 2 is 1.12 bits per heavy atom. The summed E-state index contributed by atoms with van der Waals surface area (Å²) in [7, 11) is 0. The van der Waals surface area contributed by atoms with Crippen LogP contribution in [-0.4, -0.2) is 0 Å². The summed E-state index contributed by atoms with van der Waals surface area (Å²) in [5.41, 5.74) is 0. The summed E-state index contributed by atoms with van der Waals surface area (Å²) in [6, 6.07) is 0. The molecule has 1 nitrogen and oxygen atoms in total. The SMILES string of the molecule is C[C-](C)C.[C-]#N.[Cu+].[Li+]. The quantitative estimate of drug-likeness (QED) is 0.314. The Morgan fingerprint density at radius 3 is 1.12 bits per heavy atom. The molecular formula is C5H9CuLiN. The molecule has 0 aromatic heterocycles. The van der Waals surface area contributed by atoms with Gasteiger partial charge >= 0.3 is 35.9 Å². The molecule has 0 radical (unpaired) electrons. The van der Waals surface area contributed by atoms with E-state index >= 15 is 0 Å². The first-order valence-corrected chi connectivity index (χ1v) is 1.72. The Hall–Kier alpha value is 0.607. The van der Waals surface area contributed by atoms with Gasteiger partial charge in [0.2, 0.25) is 0 Å². The van der Waals surface area contributed by atoms with E-state index in [1.807, 2.05) is 0 Å². The third-order valence-corrected chi connectivity index (χ3v) is 0. The Kier molecular flexibility index (Phi) is 74.9. The second-order valence-corrected chi connectivity index (χ2v) is 1.50. The third-order valence-electron chi connectivity index (χ3n) is 0. The zero-order valence-electron chi connectivity index (χ0n) is 5.75. The van der Waals surface area contributed by atoms with Gasteiger partial charge < -0.3 is 17.8 Å². The molecule has 0 N–H and O–H groups in total. The van der Waals surface area contributed by atoms with E-state index in [-0.39, 0.29) is 35.9 Å². The van der Waals surface area contributed by atoms with Crippen molar-refractivity contribution in [2.24, 2.45) is 0 Å². The molecule has 46 valence electrons. The number of hydrogen-bond acceptors (Lipinski definition) is 1. The zero-order valence-corrected chi connectivity index (χ0v) is 6.69. The molecule has 0 saturated carbocycles. The van der Waals surface area contributed by atoms with Crippen LogP contribution >= 0.6 is 0 Å². The molecule has 0 aliphatic carbocycles. The maximum absolute atomic E-state index is 6.25. The summed E-state index contributed by atoms with van der Waals surface area (Å²) < 4.78 is 0. The predicted molar refractivity (Wildman–Crippen MR) is 25.2 cm³/mol. The maximum Gasteiger partial charge on any atom is 1.00 e. The van der Waals surface area contributed by atoms with Gasteiger partial charge in [0.25, 0.3) is 0 Å². The van der Waals surface area contributed by atoms with Crippen LogP contribution in [0.25, 0.3) is 0 Å². The topological polar surface area (TPSA) is 23.8 Å². The number of nitrogens with zero attached hydrogens (tertiary/aromatic N) is 1. The fraction of sp³-hybridized carbons (Fsp3) is 0.600. The van der Waals surface area contributed by atoms with Crippen molar-refractivity contribution in [3.05, 3.63) is 12.5 Å². The largest absolute Gasteiger partial charge is 1.00 e. The van der Waals surface area contributed by atoms with Gasteiger partial charge in [0.05, 0.1) is 0 Å². The van der Waals surface area contributed by atoms with Crippen molar-refractivity contribution in [1.82, 2.24) is 0 Å². The van der Waals surface area contributed by atoms with E-state index in [0.29, 0.717) is 0 Å². The van der Waals surface area contributed by atoms with Crippen molar-refractivity contribution in [2.75, 3.05) is 0 Å². The Labute approximate surface area is 74.5 Å². The van der Waals surface area contributed by atoms with Gasteiger partial charge in [0, 0.05) is 0 Å². The summed E-state index contributed by atoms with van der Waals surface area (Å²) in [5.74, 6) is 1.42. The Morgan fingerprint density at radius 1 is 1.12 bits per heavy atom. The number of rotatable bonds is 0. The van der Waals surface area contributed by atoms with Gasteiger partial charge in [-0.05, 0) is 0 Å². The van der Waals surface area contributed by atoms with E-state index in [1.54, 1.807) is 0 Å². The minimum absolute atomic E-state index is 0. The molecule has 0 aromatic rings. The molecule has 0 rings (SSSR count). The van der Waals surface area contributed by atoms with Crippen LogP contribution in [0, 0.1) is 17.8 Å². The minimum atomic E-state index is 0. The van der Waals surface area contributed by atoms with Crippen molar-refractivity contribution in [1.29, 1.82) is 5.26 Å². The first-order valence-electron chi connectivity index (χ1n) is 1.72. The van der Waals surface area contributed by atoms with Gasteiger partial charge in [-0.3, -0.25) is 0 Å².